The van der Waals surface area contributed by atoms with Crippen molar-refractivity contribution in [3.8, 4) is 17.1 Å². The van der Waals surface area contributed by atoms with Crippen molar-refractivity contribution >= 4 is 5.97 Å². The van der Waals surface area contributed by atoms with E-state index >= 15 is 8.78 Å². The van der Waals surface area contributed by atoms with Crippen LogP contribution in [0.25, 0.3) is 11.3 Å². The Morgan fingerprint density at radius 2 is 2.03 bits per heavy atom. The lowest BCUT2D eigenvalue weighted by Gasteiger charge is -2.24. The van der Waals surface area contributed by atoms with Gasteiger partial charge in [0.1, 0.15) is 11.6 Å². The van der Waals surface area contributed by atoms with Crippen LogP contribution in [0.2, 0.25) is 0 Å². The van der Waals surface area contributed by atoms with Gasteiger partial charge in [-0.2, -0.15) is 0 Å². The highest BCUT2D eigenvalue weighted by Crippen LogP contribution is 2.37. The molecule has 2 atom stereocenters. The molecule has 1 aromatic heterocycles. The maximum absolute atomic E-state index is 15.2. The third kappa shape index (κ3) is 6.23. The fourth-order valence-corrected chi connectivity index (χ4v) is 4.05. The van der Waals surface area contributed by atoms with E-state index in [1.807, 2.05) is 0 Å². The molecule has 1 aromatic carbocycles. The Kier molecular flexibility index (Phi) is 8.93. The zero-order valence-corrected chi connectivity index (χ0v) is 18.5. The summed E-state index contributed by atoms with van der Waals surface area (Å²) in [6.45, 7) is 4.30. The van der Waals surface area contributed by atoms with Crippen molar-refractivity contribution < 1.29 is 27.8 Å². The van der Waals surface area contributed by atoms with Crippen LogP contribution in [0.3, 0.4) is 0 Å². The number of ether oxygens (including phenoxy) is 3. The first kappa shape index (κ1) is 24.1. The van der Waals surface area contributed by atoms with Crippen molar-refractivity contribution in [1.29, 1.82) is 0 Å². The molecule has 2 heterocycles. The average Bonchev–Trinajstić information content (AvgIpc) is 3.31. The highest BCUT2D eigenvalue weighted by molar-refractivity contribution is 5.71. The molecule has 0 saturated carbocycles. The van der Waals surface area contributed by atoms with Gasteiger partial charge in [0.05, 0.1) is 25.3 Å². The molecule has 3 rings (SSSR count). The maximum atomic E-state index is 15.2. The molecule has 2 unspecified atom stereocenters. The van der Waals surface area contributed by atoms with Gasteiger partial charge in [-0.25, -0.2) is 13.8 Å². The Morgan fingerprint density at radius 1 is 1.25 bits per heavy atom. The first-order valence-corrected chi connectivity index (χ1v) is 11.0. The van der Waals surface area contributed by atoms with Gasteiger partial charge in [0, 0.05) is 43.2 Å². The van der Waals surface area contributed by atoms with Crippen LogP contribution in [0.15, 0.2) is 30.3 Å². The van der Waals surface area contributed by atoms with Crippen LogP contribution >= 0.6 is 0 Å². The van der Waals surface area contributed by atoms with E-state index in [9.17, 15) is 4.79 Å². The van der Waals surface area contributed by atoms with Gasteiger partial charge in [-0.3, -0.25) is 4.79 Å². The predicted octanol–water partition coefficient (Wildman–Crippen LogP) is 4.09. The molecule has 0 aliphatic carbocycles. The molecule has 1 saturated heterocycles. The summed E-state index contributed by atoms with van der Waals surface area (Å²) in [4.78, 5) is 16.5. The summed E-state index contributed by atoms with van der Waals surface area (Å²) >= 11 is 0. The van der Waals surface area contributed by atoms with Crippen LogP contribution in [0.4, 0.5) is 8.78 Å². The molecule has 32 heavy (non-hydrogen) atoms. The molecule has 1 N–H and O–H groups in total. The number of carbonyl (C=O) groups is 1. The molecule has 0 amide bonds. The second-order valence-electron chi connectivity index (χ2n) is 7.78. The Hall–Kier alpha value is -2.58. The molecular weight excluding hydrogens is 418 g/mol. The van der Waals surface area contributed by atoms with Crippen molar-refractivity contribution in [3.05, 3.63) is 47.5 Å². The standard InChI is InChI=1S/C24H30F2N2O4/c1-3-31-23(29)14-18(16-8-9-27-15-16)24-19(25)12-17(13-20(24)26)21-6-4-7-22(28-21)32-11-5-10-30-2/h4,6-7,12-13,16,18,27H,3,5,8-11,14-15H2,1-2H3. The first-order valence-electron chi connectivity index (χ1n) is 11.0. The minimum Gasteiger partial charge on any atom is -0.478 e. The second-order valence-corrected chi connectivity index (χ2v) is 7.78. The summed E-state index contributed by atoms with van der Waals surface area (Å²) in [5, 5.41) is 3.21. The molecule has 1 fully saturated rings. The van der Waals surface area contributed by atoms with Gasteiger partial charge >= 0.3 is 5.97 Å². The summed E-state index contributed by atoms with van der Waals surface area (Å²) in [5.74, 6) is -2.09. The Bertz CT molecular complexity index is 880. The van der Waals surface area contributed by atoms with Crippen molar-refractivity contribution in [2.24, 2.45) is 5.92 Å². The van der Waals surface area contributed by atoms with E-state index in [4.69, 9.17) is 14.2 Å². The smallest absolute Gasteiger partial charge is 0.306 e. The highest BCUT2D eigenvalue weighted by Gasteiger charge is 2.33. The summed E-state index contributed by atoms with van der Waals surface area (Å²) < 4.78 is 46.1. The summed E-state index contributed by atoms with van der Waals surface area (Å²) in [6.07, 6.45) is 1.39. The van der Waals surface area contributed by atoms with Crippen LogP contribution < -0.4 is 10.1 Å². The van der Waals surface area contributed by atoms with Crippen LogP contribution in [-0.4, -0.2) is 51.0 Å². The van der Waals surface area contributed by atoms with E-state index in [-0.39, 0.29) is 24.5 Å². The Balaban J connectivity index is 1.85. The number of methoxy groups -OCH3 is 1. The molecule has 1 aliphatic rings. The molecule has 0 bridgehead atoms. The highest BCUT2D eigenvalue weighted by atomic mass is 19.1. The summed E-state index contributed by atoms with van der Waals surface area (Å²) in [7, 11) is 1.62. The van der Waals surface area contributed by atoms with Crippen LogP contribution in [-0.2, 0) is 14.3 Å². The summed E-state index contributed by atoms with van der Waals surface area (Å²) in [6, 6.07) is 7.64. The number of halogens is 2. The van der Waals surface area contributed by atoms with Gasteiger partial charge in [0.25, 0.3) is 0 Å². The molecule has 0 radical (unpaired) electrons. The lowest BCUT2D eigenvalue weighted by Crippen LogP contribution is -2.22. The van der Waals surface area contributed by atoms with Crippen molar-refractivity contribution in [3.63, 3.8) is 0 Å². The zero-order chi connectivity index (χ0) is 22.9. The lowest BCUT2D eigenvalue weighted by molar-refractivity contribution is -0.143. The molecule has 8 heteroatoms. The third-order valence-corrected chi connectivity index (χ3v) is 5.57. The Morgan fingerprint density at radius 3 is 2.69 bits per heavy atom. The normalized spacial score (nSPS) is 16.7. The van der Waals surface area contributed by atoms with E-state index in [1.165, 1.54) is 12.1 Å². The number of nitrogens with one attached hydrogen (secondary N) is 1. The minimum absolute atomic E-state index is 0.0452. The second kappa shape index (κ2) is 11.9. The number of rotatable bonds is 11. The van der Waals surface area contributed by atoms with Crippen LogP contribution in [0, 0.1) is 17.6 Å². The number of nitrogens with zero attached hydrogens (tertiary/aromatic N) is 1. The van der Waals surface area contributed by atoms with Crippen molar-refractivity contribution in [1.82, 2.24) is 10.3 Å². The zero-order valence-electron chi connectivity index (χ0n) is 18.5. The fourth-order valence-electron chi connectivity index (χ4n) is 4.05. The largest absolute Gasteiger partial charge is 0.478 e. The monoisotopic (exact) mass is 448 g/mol. The molecule has 174 valence electrons. The lowest BCUT2D eigenvalue weighted by atomic mass is 9.82. The van der Waals surface area contributed by atoms with Crippen LogP contribution in [0.5, 0.6) is 5.88 Å². The number of esters is 1. The van der Waals surface area contributed by atoms with E-state index in [0.717, 1.165) is 13.0 Å². The minimum atomic E-state index is -0.686. The predicted molar refractivity (Wildman–Crippen MR) is 117 cm³/mol. The van der Waals surface area contributed by atoms with Gasteiger partial charge in [-0.05, 0) is 50.6 Å². The Labute approximate surface area is 187 Å². The quantitative estimate of drug-likeness (QED) is 0.413. The van der Waals surface area contributed by atoms with E-state index in [0.29, 0.717) is 43.3 Å². The number of hydrogen-bond acceptors (Lipinski definition) is 6. The SMILES string of the molecule is CCOC(=O)CC(c1c(F)cc(-c2cccc(OCCCOC)n2)cc1F)C1CCNC1. The number of aromatic nitrogens is 1. The van der Waals surface area contributed by atoms with Gasteiger partial charge < -0.3 is 19.5 Å². The molecular formula is C24H30F2N2O4. The number of benzene rings is 1. The van der Waals surface area contributed by atoms with Gasteiger partial charge in [0.15, 0.2) is 0 Å². The maximum Gasteiger partial charge on any atom is 0.306 e. The summed E-state index contributed by atoms with van der Waals surface area (Å²) in [5.41, 5.74) is 0.649. The van der Waals surface area contributed by atoms with E-state index in [1.54, 1.807) is 32.2 Å². The molecule has 6 nitrogen and oxygen atoms in total. The van der Waals surface area contributed by atoms with Gasteiger partial charge in [-0.15, -0.1) is 0 Å². The average molecular weight is 449 g/mol. The number of hydrogen-bond donors (Lipinski definition) is 1. The van der Waals surface area contributed by atoms with Crippen molar-refractivity contribution in [2.75, 3.05) is 40.0 Å². The van der Waals surface area contributed by atoms with Gasteiger partial charge in [0.2, 0.25) is 5.88 Å². The fraction of sp³-hybridized carbons (Fsp3) is 0.500. The van der Waals surface area contributed by atoms with Crippen LogP contribution in [0.1, 0.15) is 37.7 Å². The van der Waals surface area contributed by atoms with Gasteiger partial charge in [-0.1, -0.05) is 6.07 Å². The third-order valence-electron chi connectivity index (χ3n) is 5.57. The number of pyridine rings is 1. The molecule has 1 aliphatic heterocycles. The van der Waals surface area contributed by atoms with E-state index < -0.39 is 23.5 Å². The molecule has 2 aromatic rings. The number of carbonyl (C=O) groups excluding carboxylic acids is 1. The van der Waals surface area contributed by atoms with E-state index in [2.05, 4.69) is 10.3 Å². The molecule has 0 spiro atoms. The topological polar surface area (TPSA) is 69.7 Å². The first-order chi connectivity index (χ1) is 15.5. The van der Waals surface area contributed by atoms with Crippen molar-refractivity contribution in [2.45, 2.75) is 32.1 Å².